The van der Waals surface area contributed by atoms with Crippen LogP contribution in [0.1, 0.15) is 61.3 Å². The first-order valence-corrected chi connectivity index (χ1v) is 13.2. The molecule has 0 bridgehead atoms. The van der Waals surface area contributed by atoms with Crippen molar-refractivity contribution in [3.05, 3.63) is 66.1 Å². The molecule has 2 aromatic carbocycles. The van der Waals surface area contributed by atoms with Crippen molar-refractivity contribution in [3.63, 3.8) is 0 Å². The molecule has 6 rings (SSSR count). The molecule has 3 aromatic rings. The highest BCUT2D eigenvalue weighted by Crippen LogP contribution is 2.32. The van der Waals surface area contributed by atoms with Gasteiger partial charge in [0.2, 0.25) is 0 Å². The standard InChI is InChI=1S/C29H34FN3O2/c30-23-6-4-21(5-7-23)29(34)32-15-11-25(12-16-32)33-19-10-22-20-27(8-9-28(22)33)35-26-13-17-31(18-14-26)24-2-1-3-24/h4-10,19-20,24-26H,1-3,11-18H2. The number of aromatic nitrogens is 1. The van der Waals surface area contributed by atoms with Gasteiger partial charge in [-0.1, -0.05) is 6.42 Å². The molecular formula is C29H34FN3O2. The number of ether oxygens (including phenoxy) is 1. The molecule has 1 aliphatic carbocycles. The Kier molecular flexibility index (Phi) is 6.23. The van der Waals surface area contributed by atoms with Gasteiger partial charge in [-0.3, -0.25) is 4.79 Å². The fraction of sp³-hybridized carbons (Fsp3) is 0.483. The Labute approximate surface area is 206 Å². The maximum absolute atomic E-state index is 13.2. The molecular weight excluding hydrogens is 441 g/mol. The highest BCUT2D eigenvalue weighted by molar-refractivity contribution is 5.94. The molecule has 0 atom stereocenters. The minimum atomic E-state index is -0.317. The largest absolute Gasteiger partial charge is 0.490 e. The molecule has 1 aromatic heterocycles. The Bertz CT molecular complexity index is 1170. The summed E-state index contributed by atoms with van der Waals surface area (Å²) >= 11 is 0. The Morgan fingerprint density at radius 3 is 2.26 bits per heavy atom. The average Bonchev–Trinajstić information content (AvgIpc) is 3.28. The Hall–Kier alpha value is -2.86. The highest BCUT2D eigenvalue weighted by atomic mass is 19.1. The van der Waals surface area contributed by atoms with Gasteiger partial charge in [-0.15, -0.1) is 0 Å². The van der Waals surface area contributed by atoms with Crippen molar-refractivity contribution in [2.75, 3.05) is 26.2 Å². The van der Waals surface area contributed by atoms with Gasteiger partial charge in [0.15, 0.2) is 0 Å². The summed E-state index contributed by atoms with van der Waals surface area (Å²) in [4.78, 5) is 17.3. The SMILES string of the molecule is O=C(c1ccc(F)cc1)N1CCC(n2ccc3cc(OC4CCN(C5CCC5)CC4)ccc32)CC1. The van der Waals surface area contributed by atoms with E-state index in [0.717, 1.165) is 50.6 Å². The third-order valence-corrected chi connectivity index (χ3v) is 8.30. The first-order valence-electron chi connectivity index (χ1n) is 13.2. The molecule has 2 saturated heterocycles. The molecule has 1 amide bonds. The minimum Gasteiger partial charge on any atom is -0.490 e. The molecule has 184 valence electrons. The number of fused-ring (bicyclic) bond motifs is 1. The predicted octanol–water partition coefficient (Wildman–Crippen LogP) is 5.65. The third kappa shape index (κ3) is 4.68. The molecule has 0 N–H and O–H groups in total. The van der Waals surface area contributed by atoms with Crippen molar-refractivity contribution < 1.29 is 13.9 Å². The second-order valence-electron chi connectivity index (χ2n) is 10.4. The third-order valence-electron chi connectivity index (χ3n) is 8.30. The summed E-state index contributed by atoms with van der Waals surface area (Å²) in [7, 11) is 0. The maximum Gasteiger partial charge on any atom is 0.253 e. The normalized spacial score (nSPS) is 20.8. The lowest BCUT2D eigenvalue weighted by Gasteiger charge is -2.41. The van der Waals surface area contributed by atoms with Gasteiger partial charge < -0.3 is 19.1 Å². The van der Waals surface area contributed by atoms with Crippen LogP contribution < -0.4 is 4.74 Å². The zero-order valence-electron chi connectivity index (χ0n) is 20.2. The second-order valence-corrected chi connectivity index (χ2v) is 10.4. The number of piperidine rings is 2. The lowest BCUT2D eigenvalue weighted by Crippen LogP contribution is -2.46. The quantitative estimate of drug-likeness (QED) is 0.478. The zero-order chi connectivity index (χ0) is 23.8. The van der Waals surface area contributed by atoms with Crippen molar-refractivity contribution in [1.82, 2.24) is 14.4 Å². The van der Waals surface area contributed by atoms with E-state index in [2.05, 4.69) is 39.9 Å². The van der Waals surface area contributed by atoms with E-state index in [4.69, 9.17) is 4.74 Å². The molecule has 1 saturated carbocycles. The van der Waals surface area contributed by atoms with Crippen molar-refractivity contribution in [2.45, 2.75) is 63.1 Å². The average molecular weight is 476 g/mol. The molecule has 0 spiro atoms. The van der Waals surface area contributed by atoms with Gasteiger partial charge in [0, 0.05) is 60.9 Å². The number of carbonyl (C=O) groups excluding carboxylic acids is 1. The number of likely N-dealkylation sites (tertiary alicyclic amines) is 2. The summed E-state index contributed by atoms with van der Waals surface area (Å²) in [6.07, 6.45) is 10.7. The zero-order valence-corrected chi connectivity index (χ0v) is 20.2. The molecule has 5 nitrogen and oxygen atoms in total. The van der Waals surface area contributed by atoms with Crippen molar-refractivity contribution in [2.24, 2.45) is 0 Å². The van der Waals surface area contributed by atoms with Gasteiger partial charge in [0.25, 0.3) is 5.91 Å². The van der Waals surface area contributed by atoms with Crippen LogP contribution >= 0.6 is 0 Å². The minimum absolute atomic E-state index is 0.0128. The van der Waals surface area contributed by atoms with Gasteiger partial charge in [-0.05, 0) is 87.1 Å². The molecule has 2 aliphatic heterocycles. The van der Waals surface area contributed by atoms with Crippen LogP contribution in [0.3, 0.4) is 0 Å². The van der Waals surface area contributed by atoms with Crippen molar-refractivity contribution in [1.29, 1.82) is 0 Å². The number of halogens is 1. The first-order chi connectivity index (χ1) is 17.1. The Morgan fingerprint density at radius 1 is 0.829 bits per heavy atom. The van der Waals surface area contributed by atoms with E-state index in [1.165, 1.54) is 42.3 Å². The molecule has 0 radical (unpaired) electrons. The van der Waals surface area contributed by atoms with Crippen LogP contribution in [0.25, 0.3) is 10.9 Å². The van der Waals surface area contributed by atoms with E-state index in [-0.39, 0.29) is 11.7 Å². The van der Waals surface area contributed by atoms with E-state index >= 15 is 0 Å². The van der Waals surface area contributed by atoms with Crippen LogP contribution in [0.2, 0.25) is 0 Å². The van der Waals surface area contributed by atoms with Gasteiger partial charge in [-0.25, -0.2) is 4.39 Å². The predicted molar refractivity (Wildman–Crippen MR) is 135 cm³/mol. The Morgan fingerprint density at radius 2 is 1.57 bits per heavy atom. The number of nitrogens with zero attached hydrogens (tertiary/aromatic N) is 3. The molecule has 3 heterocycles. The summed E-state index contributed by atoms with van der Waals surface area (Å²) in [5.41, 5.74) is 1.78. The van der Waals surface area contributed by atoms with Crippen molar-refractivity contribution >= 4 is 16.8 Å². The maximum atomic E-state index is 13.2. The smallest absolute Gasteiger partial charge is 0.253 e. The molecule has 6 heteroatoms. The fourth-order valence-corrected chi connectivity index (χ4v) is 5.96. The van der Waals surface area contributed by atoms with Gasteiger partial charge in [-0.2, -0.15) is 0 Å². The van der Waals surface area contributed by atoms with Gasteiger partial charge >= 0.3 is 0 Å². The summed E-state index contributed by atoms with van der Waals surface area (Å²) in [5.74, 6) is 0.640. The van der Waals surface area contributed by atoms with E-state index in [1.54, 1.807) is 12.1 Å². The number of benzene rings is 2. The number of amides is 1. The summed E-state index contributed by atoms with van der Waals surface area (Å²) < 4.78 is 21.9. The molecule has 3 aliphatic rings. The lowest BCUT2D eigenvalue weighted by atomic mass is 9.90. The van der Waals surface area contributed by atoms with E-state index < -0.39 is 0 Å². The van der Waals surface area contributed by atoms with Crippen molar-refractivity contribution in [3.8, 4) is 5.75 Å². The Balaban J connectivity index is 1.06. The van der Waals surface area contributed by atoms with Crippen LogP contribution in [0.5, 0.6) is 5.75 Å². The molecule has 35 heavy (non-hydrogen) atoms. The van der Waals surface area contributed by atoms with E-state index in [1.807, 2.05) is 4.90 Å². The van der Waals surface area contributed by atoms with Gasteiger partial charge in [0.1, 0.15) is 17.7 Å². The van der Waals surface area contributed by atoms with Crippen LogP contribution in [-0.2, 0) is 0 Å². The topological polar surface area (TPSA) is 37.7 Å². The van der Waals surface area contributed by atoms with Crippen LogP contribution in [-0.4, -0.2) is 58.6 Å². The number of rotatable bonds is 5. The summed E-state index contributed by atoms with van der Waals surface area (Å²) in [5, 5.41) is 1.21. The summed E-state index contributed by atoms with van der Waals surface area (Å²) in [6.45, 7) is 3.75. The first kappa shape index (κ1) is 22.6. The summed E-state index contributed by atoms with van der Waals surface area (Å²) in [6, 6.07) is 15.7. The number of hydrogen-bond donors (Lipinski definition) is 0. The fourth-order valence-electron chi connectivity index (χ4n) is 5.96. The second kappa shape index (κ2) is 9.65. The van der Waals surface area contributed by atoms with Crippen LogP contribution in [0, 0.1) is 5.82 Å². The lowest BCUT2D eigenvalue weighted by molar-refractivity contribution is 0.0494. The van der Waals surface area contributed by atoms with Crippen LogP contribution in [0.15, 0.2) is 54.7 Å². The molecule has 0 unspecified atom stereocenters. The van der Waals surface area contributed by atoms with Gasteiger partial charge in [0.05, 0.1) is 0 Å². The highest BCUT2D eigenvalue weighted by Gasteiger charge is 2.29. The van der Waals surface area contributed by atoms with Crippen LogP contribution in [0.4, 0.5) is 4.39 Å². The molecule has 3 fully saturated rings. The number of hydrogen-bond acceptors (Lipinski definition) is 3. The van der Waals surface area contributed by atoms with E-state index in [9.17, 15) is 9.18 Å². The number of carbonyl (C=O) groups is 1. The monoisotopic (exact) mass is 475 g/mol. The van der Waals surface area contributed by atoms with E-state index in [0.29, 0.717) is 30.8 Å².